The zero-order valence-electron chi connectivity index (χ0n) is 9.99. The molecule has 0 aromatic carbocycles. The summed E-state index contributed by atoms with van der Waals surface area (Å²) in [4.78, 5) is 10.8. The van der Waals surface area contributed by atoms with E-state index in [4.69, 9.17) is 5.11 Å². The highest BCUT2D eigenvalue weighted by Crippen LogP contribution is 2.20. The minimum absolute atomic E-state index is 0.0145. The van der Waals surface area contributed by atoms with E-state index in [9.17, 15) is 26.4 Å². The first-order valence-corrected chi connectivity index (χ1v) is 6.88. The second-order valence-corrected chi connectivity index (χ2v) is 6.20. The smallest absolute Gasteiger partial charge is 0.390 e. The Morgan fingerprint density at radius 1 is 1.33 bits per heavy atom. The van der Waals surface area contributed by atoms with Crippen molar-refractivity contribution in [3.63, 3.8) is 0 Å². The molecule has 0 amide bonds. The molecular formula is C9H16F3NO4S. The fourth-order valence-corrected chi connectivity index (χ4v) is 2.45. The molecular weight excluding hydrogens is 275 g/mol. The summed E-state index contributed by atoms with van der Waals surface area (Å²) >= 11 is 0. The van der Waals surface area contributed by atoms with Crippen molar-refractivity contribution in [1.29, 1.82) is 0 Å². The van der Waals surface area contributed by atoms with Crippen LogP contribution >= 0.6 is 0 Å². The third kappa shape index (κ3) is 8.29. The van der Waals surface area contributed by atoms with E-state index in [1.165, 1.54) is 0 Å². The van der Waals surface area contributed by atoms with Crippen LogP contribution in [0, 0.1) is 5.92 Å². The van der Waals surface area contributed by atoms with Gasteiger partial charge in [-0.2, -0.15) is 13.2 Å². The summed E-state index contributed by atoms with van der Waals surface area (Å²) in [6.07, 6.45) is -6.08. The molecule has 0 heterocycles. The predicted octanol–water partition coefficient (Wildman–Crippen LogP) is 1.36. The lowest BCUT2D eigenvalue weighted by Crippen LogP contribution is -2.43. The van der Waals surface area contributed by atoms with Gasteiger partial charge < -0.3 is 5.11 Å². The molecule has 5 nitrogen and oxygen atoms in total. The van der Waals surface area contributed by atoms with E-state index in [-0.39, 0.29) is 12.3 Å². The van der Waals surface area contributed by atoms with Gasteiger partial charge >= 0.3 is 12.1 Å². The molecule has 0 radical (unpaired) electrons. The molecule has 0 saturated carbocycles. The Bertz CT molecular complexity index is 378. The number of aliphatic carboxylic acids is 1. The van der Waals surface area contributed by atoms with Gasteiger partial charge in [-0.3, -0.25) is 4.79 Å². The van der Waals surface area contributed by atoms with Crippen LogP contribution < -0.4 is 4.72 Å². The quantitative estimate of drug-likeness (QED) is 0.742. The molecule has 0 saturated heterocycles. The van der Waals surface area contributed by atoms with Crippen molar-refractivity contribution in [2.45, 2.75) is 38.9 Å². The largest absolute Gasteiger partial charge is 0.480 e. The van der Waals surface area contributed by atoms with Crippen molar-refractivity contribution in [1.82, 2.24) is 4.72 Å². The Hall–Kier alpha value is -0.830. The molecule has 0 fully saturated rings. The number of rotatable bonds is 7. The lowest BCUT2D eigenvalue weighted by Gasteiger charge is -2.16. The molecule has 0 aliphatic heterocycles. The number of hydrogen-bond donors (Lipinski definition) is 2. The molecule has 0 bridgehead atoms. The van der Waals surface area contributed by atoms with E-state index in [0.717, 1.165) is 0 Å². The summed E-state index contributed by atoms with van der Waals surface area (Å²) in [5, 5.41) is 8.76. The minimum atomic E-state index is -4.59. The van der Waals surface area contributed by atoms with Crippen molar-refractivity contribution in [3.8, 4) is 0 Å². The SMILES string of the molecule is CC(C)C[C@@H](NS(=O)(=O)CCC(F)(F)F)C(=O)O. The molecule has 0 spiro atoms. The number of hydrogen-bond acceptors (Lipinski definition) is 3. The van der Waals surface area contributed by atoms with Gasteiger partial charge in [-0.05, 0) is 12.3 Å². The highest BCUT2D eigenvalue weighted by atomic mass is 32.2. The normalized spacial score (nSPS) is 14.8. The van der Waals surface area contributed by atoms with Crippen molar-refractivity contribution in [2.75, 3.05) is 5.75 Å². The van der Waals surface area contributed by atoms with Crippen LogP contribution in [0.5, 0.6) is 0 Å². The predicted molar refractivity (Wildman–Crippen MR) is 58.5 cm³/mol. The van der Waals surface area contributed by atoms with Gasteiger partial charge in [0, 0.05) is 0 Å². The Kier molecular flexibility index (Phi) is 6.08. The standard InChI is InChI=1S/C9H16F3NO4S/c1-6(2)5-7(8(14)15)13-18(16,17)4-3-9(10,11)12/h6-7,13H,3-5H2,1-2H3,(H,14,15)/t7-/m1/s1. The maximum Gasteiger partial charge on any atom is 0.390 e. The highest BCUT2D eigenvalue weighted by molar-refractivity contribution is 7.89. The molecule has 18 heavy (non-hydrogen) atoms. The van der Waals surface area contributed by atoms with E-state index >= 15 is 0 Å². The topological polar surface area (TPSA) is 83.5 Å². The number of carboxylic acid groups (broad SMARTS) is 1. The van der Waals surface area contributed by atoms with Crippen LogP contribution in [-0.4, -0.2) is 37.5 Å². The fraction of sp³-hybridized carbons (Fsp3) is 0.889. The van der Waals surface area contributed by atoms with Crippen LogP contribution in [0.25, 0.3) is 0 Å². The van der Waals surface area contributed by atoms with Gasteiger partial charge in [0.1, 0.15) is 6.04 Å². The third-order valence-electron chi connectivity index (χ3n) is 1.98. The van der Waals surface area contributed by atoms with Crippen molar-refractivity contribution in [2.24, 2.45) is 5.92 Å². The minimum Gasteiger partial charge on any atom is -0.480 e. The van der Waals surface area contributed by atoms with Gasteiger partial charge in [0.2, 0.25) is 10.0 Å². The summed E-state index contributed by atoms with van der Waals surface area (Å²) in [7, 11) is -4.26. The fourth-order valence-electron chi connectivity index (χ4n) is 1.20. The Morgan fingerprint density at radius 2 is 1.83 bits per heavy atom. The lowest BCUT2D eigenvalue weighted by atomic mass is 10.1. The highest BCUT2D eigenvalue weighted by Gasteiger charge is 2.32. The molecule has 9 heteroatoms. The lowest BCUT2D eigenvalue weighted by molar-refractivity contribution is -0.139. The first-order chi connectivity index (χ1) is 7.93. The number of carbonyl (C=O) groups is 1. The van der Waals surface area contributed by atoms with E-state index in [1.807, 2.05) is 0 Å². The molecule has 2 N–H and O–H groups in total. The number of carboxylic acids is 1. The molecule has 108 valence electrons. The first kappa shape index (κ1) is 17.2. The molecule has 0 unspecified atom stereocenters. The summed E-state index contributed by atoms with van der Waals surface area (Å²) < 4.78 is 60.0. The Labute approximate surface area is 103 Å². The van der Waals surface area contributed by atoms with Gasteiger partial charge in [-0.25, -0.2) is 13.1 Å². The molecule has 0 aliphatic rings. The molecule has 0 aromatic rings. The van der Waals surface area contributed by atoms with Gasteiger partial charge in [0.05, 0.1) is 12.2 Å². The maximum absolute atomic E-state index is 11.9. The van der Waals surface area contributed by atoms with Crippen LogP contribution in [0.3, 0.4) is 0 Å². The van der Waals surface area contributed by atoms with Gasteiger partial charge in [0.15, 0.2) is 0 Å². The molecule has 0 aliphatic carbocycles. The zero-order chi connectivity index (χ0) is 14.6. The number of halogens is 3. The Morgan fingerprint density at radius 3 is 2.17 bits per heavy atom. The van der Waals surface area contributed by atoms with Crippen molar-refractivity contribution >= 4 is 16.0 Å². The van der Waals surface area contributed by atoms with Crippen molar-refractivity contribution < 1.29 is 31.5 Å². The maximum atomic E-state index is 11.9. The van der Waals surface area contributed by atoms with Crippen molar-refractivity contribution in [3.05, 3.63) is 0 Å². The molecule has 0 rings (SSSR count). The third-order valence-corrected chi connectivity index (χ3v) is 3.37. The van der Waals surface area contributed by atoms with Crippen LogP contribution in [0.2, 0.25) is 0 Å². The van der Waals surface area contributed by atoms with E-state index in [0.29, 0.717) is 0 Å². The van der Waals surface area contributed by atoms with Gasteiger partial charge in [0.25, 0.3) is 0 Å². The second-order valence-electron chi connectivity index (χ2n) is 4.32. The summed E-state index contributed by atoms with van der Waals surface area (Å²) in [6, 6.07) is -1.40. The monoisotopic (exact) mass is 291 g/mol. The van der Waals surface area contributed by atoms with Gasteiger partial charge in [-0.1, -0.05) is 13.8 Å². The van der Waals surface area contributed by atoms with Gasteiger partial charge in [-0.15, -0.1) is 0 Å². The first-order valence-electron chi connectivity index (χ1n) is 5.22. The summed E-state index contributed by atoms with van der Waals surface area (Å²) in [5.74, 6) is -2.67. The Balaban J connectivity index is 4.57. The molecule has 0 aromatic heterocycles. The van der Waals surface area contributed by atoms with Crippen LogP contribution in [0.4, 0.5) is 13.2 Å². The van der Waals surface area contributed by atoms with Crippen LogP contribution in [0.1, 0.15) is 26.7 Å². The van der Waals surface area contributed by atoms with E-state index < -0.39 is 40.4 Å². The number of alkyl halides is 3. The molecule has 1 atom stereocenters. The van der Waals surface area contributed by atoms with Crippen LogP contribution in [0.15, 0.2) is 0 Å². The zero-order valence-corrected chi connectivity index (χ0v) is 10.8. The van der Waals surface area contributed by atoms with E-state index in [2.05, 4.69) is 0 Å². The number of sulfonamides is 1. The van der Waals surface area contributed by atoms with Crippen LogP contribution in [-0.2, 0) is 14.8 Å². The average molecular weight is 291 g/mol. The second kappa shape index (κ2) is 6.37. The summed E-state index contributed by atoms with van der Waals surface area (Å²) in [5.41, 5.74) is 0. The average Bonchev–Trinajstić information content (AvgIpc) is 2.11. The summed E-state index contributed by atoms with van der Waals surface area (Å²) in [6.45, 7) is 3.36. The van der Waals surface area contributed by atoms with E-state index in [1.54, 1.807) is 18.6 Å². The number of nitrogens with one attached hydrogen (secondary N) is 1.